The van der Waals surface area contributed by atoms with Crippen molar-refractivity contribution in [2.24, 2.45) is 5.11 Å². The second-order valence-corrected chi connectivity index (χ2v) is 6.52. The van der Waals surface area contributed by atoms with Crippen molar-refractivity contribution < 1.29 is 18.5 Å². The summed E-state index contributed by atoms with van der Waals surface area (Å²) in [6.45, 7) is 7.93. The predicted molar refractivity (Wildman–Crippen MR) is 83.8 cm³/mol. The van der Waals surface area contributed by atoms with Gasteiger partial charge in [-0.2, -0.15) is 5.53 Å². The predicted octanol–water partition coefficient (Wildman–Crippen LogP) is 2.35. The topological polar surface area (TPSA) is 95.2 Å². The monoisotopic (exact) mass is 320 g/mol. The minimum Gasteiger partial charge on any atom is -0.744 e. The van der Waals surface area contributed by atoms with Gasteiger partial charge in [-0.3, -0.25) is 0 Å². The first-order valence-corrected chi connectivity index (χ1v) is 8.07. The highest BCUT2D eigenvalue weighted by molar-refractivity contribution is 7.85. The van der Waals surface area contributed by atoms with E-state index in [0.29, 0.717) is 0 Å². The average Bonchev–Trinajstić information content (AvgIpc) is 2.38. The van der Waals surface area contributed by atoms with Crippen molar-refractivity contribution in [3.63, 3.8) is 0 Å². The van der Waals surface area contributed by atoms with Gasteiger partial charge >= 0.3 is 0 Å². The van der Waals surface area contributed by atoms with Crippen LogP contribution in [0.3, 0.4) is 0 Å². The van der Waals surface area contributed by atoms with E-state index in [4.69, 9.17) is 5.53 Å². The highest BCUT2D eigenvalue weighted by Gasteiger charge is 2.02. The van der Waals surface area contributed by atoms with Crippen molar-refractivity contribution in [1.82, 2.24) is 0 Å². The van der Waals surface area contributed by atoms with Crippen LogP contribution in [-0.4, -0.2) is 13.0 Å². The highest BCUT2D eigenvalue weighted by Crippen LogP contribution is 2.23. The number of rotatable bonds is 2. The van der Waals surface area contributed by atoms with Gasteiger partial charge in [-0.1, -0.05) is 35.4 Å². The lowest BCUT2D eigenvalue weighted by Crippen LogP contribution is -2.22. The van der Waals surface area contributed by atoms with Gasteiger partial charge in [0.1, 0.15) is 15.8 Å². The molecule has 0 saturated heterocycles. The normalized spacial score (nSPS) is 10.6. The van der Waals surface area contributed by atoms with Crippen LogP contribution in [0.4, 0.5) is 5.69 Å². The van der Waals surface area contributed by atoms with E-state index in [2.05, 4.69) is 24.2 Å². The van der Waals surface area contributed by atoms with Gasteiger partial charge in [-0.05, 0) is 56.1 Å². The summed E-state index contributed by atoms with van der Waals surface area (Å²) in [6.07, 6.45) is 0. The van der Waals surface area contributed by atoms with E-state index in [9.17, 15) is 13.0 Å². The third kappa shape index (κ3) is 5.05. The molecule has 2 N–H and O–H groups in total. The molecular formula is C16H20N2O3S. The molecule has 6 heteroatoms. The summed E-state index contributed by atoms with van der Waals surface area (Å²) in [6, 6.07) is 9.95. The van der Waals surface area contributed by atoms with Crippen LogP contribution in [0, 0.1) is 27.7 Å². The second-order valence-electron chi connectivity index (χ2n) is 5.14. The molecule has 2 rings (SSSR count). The van der Waals surface area contributed by atoms with Gasteiger partial charge in [0.2, 0.25) is 0 Å². The summed E-state index contributed by atoms with van der Waals surface area (Å²) in [5.74, 6) is 0. The smallest absolute Gasteiger partial charge is 0.135 e. The Bertz CT molecular complexity index is 743. The first-order chi connectivity index (χ1) is 10.1. The van der Waals surface area contributed by atoms with Gasteiger partial charge in [-0.25, -0.2) is 8.42 Å². The summed E-state index contributed by atoms with van der Waals surface area (Å²) in [7, 11) is -4.27. The summed E-state index contributed by atoms with van der Waals surface area (Å²) >= 11 is 0. The molecule has 0 saturated carbocycles. The van der Waals surface area contributed by atoms with E-state index < -0.39 is 10.1 Å². The van der Waals surface area contributed by atoms with Crippen LogP contribution in [0.15, 0.2) is 46.4 Å². The molecule has 0 aliphatic rings. The number of aryl methyl sites for hydroxylation is 4. The Morgan fingerprint density at radius 2 is 1.36 bits per heavy atom. The fourth-order valence-corrected chi connectivity index (χ4v) is 2.55. The Morgan fingerprint density at radius 3 is 1.73 bits per heavy atom. The lowest BCUT2D eigenvalue weighted by atomic mass is 10.1. The van der Waals surface area contributed by atoms with Gasteiger partial charge in [0.25, 0.3) is 0 Å². The van der Waals surface area contributed by atoms with Crippen molar-refractivity contribution in [2.75, 3.05) is 0 Å². The van der Waals surface area contributed by atoms with E-state index in [1.807, 2.05) is 20.8 Å². The molecule has 0 heterocycles. The molecule has 2 aromatic rings. The molecule has 0 aromatic heterocycles. The van der Waals surface area contributed by atoms with Gasteiger partial charge in [0.15, 0.2) is 0 Å². The highest BCUT2D eigenvalue weighted by atomic mass is 32.2. The fourth-order valence-electron chi connectivity index (χ4n) is 2.08. The molecule has 5 nitrogen and oxygen atoms in total. The molecule has 0 amide bonds. The molecule has 0 atom stereocenters. The van der Waals surface area contributed by atoms with Gasteiger partial charge in [0, 0.05) is 0 Å². The Balaban J connectivity index is 0.000000220. The van der Waals surface area contributed by atoms with Crippen molar-refractivity contribution >= 4 is 15.8 Å². The standard InChI is InChI=1S/C9H12N2.C7H8O3S/c1-6-4-7(2)9(11-10)8(3)5-6;1-6-2-4-7(5-3-6)11(8,9)10/h4-5,10H,1-3H3;2-5H,1H3,(H,8,9,10). The van der Waals surface area contributed by atoms with Crippen LogP contribution >= 0.6 is 0 Å². The summed E-state index contributed by atoms with van der Waals surface area (Å²) < 4.78 is 31.2. The Kier molecular flexibility index (Phi) is 5.96. The number of hydrogen-bond acceptors (Lipinski definition) is 4. The zero-order valence-corrected chi connectivity index (χ0v) is 13.9. The molecule has 0 aliphatic heterocycles. The molecule has 0 spiro atoms. The molecule has 22 heavy (non-hydrogen) atoms. The van der Waals surface area contributed by atoms with E-state index in [1.165, 1.54) is 17.7 Å². The van der Waals surface area contributed by atoms with Crippen LogP contribution in [0.25, 0.3) is 0 Å². The van der Waals surface area contributed by atoms with Crippen LogP contribution in [0.1, 0.15) is 22.3 Å². The van der Waals surface area contributed by atoms with Crippen LogP contribution in [0.5, 0.6) is 0 Å². The van der Waals surface area contributed by atoms with E-state index in [0.717, 1.165) is 22.4 Å². The SMILES string of the molecule is Cc1cc(C)c(N=[NH2+])c(C)c1.Cc1ccc(S(=O)(=O)[O-])cc1. The summed E-state index contributed by atoms with van der Waals surface area (Å²) in [4.78, 5) is -0.178. The maximum Gasteiger partial charge on any atom is 0.135 e. The number of hydrogen-bond donors (Lipinski definition) is 1. The largest absolute Gasteiger partial charge is 0.744 e. The minimum absolute atomic E-state index is 0.178. The lowest BCUT2D eigenvalue weighted by molar-refractivity contribution is -0.210. The number of nitrogens with zero attached hydrogens (tertiary/aromatic N) is 1. The molecule has 2 aromatic carbocycles. The fraction of sp³-hybridized carbons (Fsp3) is 0.250. The molecule has 0 bridgehead atoms. The number of benzene rings is 2. The Morgan fingerprint density at radius 1 is 0.909 bits per heavy atom. The maximum atomic E-state index is 10.4. The van der Waals surface area contributed by atoms with E-state index in [-0.39, 0.29) is 4.90 Å². The molecule has 0 unspecified atom stereocenters. The summed E-state index contributed by atoms with van der Waals surface area (Å²) in [5, 5.41) is 3.71. The van der Waals surface area contributed by atoms with E-state index in [1.54, 1.807) is 12.1 Å². The minimum atomic E-state index is -4.27. The summed E-state index contributed by atoms with van der Waals surface area (Å²) in [5.41, 5.74) is 10.6. The quantitative estimate of drug-likeness (QED) is 0.679. The van der Waals surface area contributed by atoms with Gasteiger partial charge in [-0.15, -0.1) is 0 Å². The molecule has 0 aliphatic carbocycles. The third-order valence-electron chi connectivity index (χ3n) is 3.07. The Hall–Kier alpha value is -2.05. The Labute approximate surface area is 131 Å². The lowest BCUT2D eigenvalue weighted by Gasteiger charge is -2.05. The zero-order valence-electron chi connectivity index (χ0n) is 13.1. The van der Waals surface area contributed by atoms with Crippen molar-refractivity contribution in [2.45, 2.75) is 32.6 Å². The van der Waals surface area contributed by atoms with Gasteiger partial charge in [0.05, 0.1) is 4.90 Å². The molecule has 0 radical (unpaired) electrons. The van der Waals surface area contributed by atoms with Crippen molar-refractivity contribution in [3.05, 3.63) is 58.7 Å². The van der Waals surface area contributed by atoms with Crippen LogP contribution < -0.4 is 5.53 Å². The van der Waals surface area contributed by atoms with Crippen molar-refractivity contribution in [3.8, 4) is 0 Å². The first kappa shape index (κ1) is 18.0. The van der Waals surface area contributed by atoms with Crippen LogP contribution in [-0.2, 0) is 10.1 Å². The average molecular weight is 320 g/mol. The molecule has 0 fully saturated rings. The van der Waals surface area contributed by atoms with Gasteiger partial charge < -0.3 is 4.55 Å². The van der Waals surface area contributed by atoms with Crippen molar-refractivity contribution in [1.29, 1.82) is 0 Å². The van der Waals surface area contributed by atoms with Crippen LogP contribution in [0.2, 0.25) is 0 Å². The molecular weight excluding hydrogens is 300 g/mol. The second kappa shape index (κ2) is 7.29. The zero-order chi connectivity index (χ0) is 16.9. The first-order valence-electron chi connectivity index (χ1n) is 6.66. The molecule has 118 valence electrons. The number of nitrogens with two attached hydrogens (primary N) is 1. The van der Waals surface area contributed by atoms with E-state index >= 15 is 0 Å². The third-order valence-corrected chi connectivity index (χ3v) is 3.92. The maximum absolute atomic E-state index is 10.4.